The molecule has 1 aliphatic heterocycles. The van der Waals surface area contributed by atoms with Gasteiger partial charge in [-0.2, -0.15) is 8.78 Å². The van der Waals surface area contributed by atoms with E-state index in [-0.39, 0.29) is 42.1 Å². The molecule has 2 aromatic carbocycles. The van der Waals surface area contributed by atoms with Crippen molar-refractivity contribution < 1.29 is 27.0 Å². The van der Waals surface area contributed by atoms with E-state index in [4.69, 9.17) is 9.47 Å². The number of halogens is 4. The Labute approximate surface area is 212 Å². The van der Waals surface area contributed by atoms with Crippen molar-refractivity contribution in [2.45, 2.75) is 103 Å². The van der Waals surface area contributed by atoms with Gasteiger partial charge in [0.15, 0.2) is 23.1 Å². The molecule has 0 saturated heterocycles. The topological polar surface area (TPSA) is 18.5 Å². The van der Waals surface area contributed by atoms with Crippen LogP contribution in [-0.2, 0) is 12.8 Å². The Bertz CT molecular complexity index is 1030. The molecule has 0 radical (unpaired) electrons. The van der Waals surface area contributed by atoms with E-state index in [2.05, 4.69) is 6.92 Å². The van der Waals surface area contributed by atoms with Crippen LogP contribution in [0.5, 0.6) is 11.5 Å². The zero-order valence-electron chi connectivity index (χ0n) is 21.5. The van der Waals surface area contributed by atoms with Gasteiger partial charge in [-0.25, -0.2) is 8.78 Å². The first-order valence-corrected chi connectivity index (χ1v) is 13.7. The van der Waals surface area contributed by atoms with E-state index in [1.165, 1.54) is 18.9 Å². The molecule has 0 aromatic heterocycles. The normalized spacial score (nSPS) is 21.7. The summed E-state index contributed by atoms with van der Waals surface area (Å²) in [5, 5.41) is 0. The van der Waals surface area contributed by atoms with E-state index in [1.54, 1.807) is 12.1 Å². The van der Waals surface area contributed by atoms with Gasteiger partial charge in [-0.1, -0.05) is 45.2 Å². The molecule has 198 valence electrons. The zero-order chi connectivity index (χ0) is 25.7. The van der Waals surface area contributed by atoms with Crippen LogP contribution in [0.3, 0.4) is 0 Å². The zero-order valence-corrected chi connectivity index (χ0v) is 21.5. The van der Waals surface area contributed by atoms with Gasteiger partial charge in [0.25, 0.3) is 0 Å². The molecule has 0 amide bonds. The average Bonchev–Trinajstić information content (AvgIpc) is 2.88. The van der Waals surface area contributed by atoms with Crippen molar-refractivity contribution in [2.24, 2.45) is 5.92 Å². The number of hydrogen-bond donors (Lipinski definition) is 0. The van der Waals surface area contributed by atoms with Crippen LogP contribution < -0.4 is 9.47 Å². The van der Waals surface area contributed by atoms with Gasteiger partial charge in [-0.05, 0) is 86.8 Å². The second-order valence-corrected chi connectivity index (χ2v) is 10.5. The lowest BCUT2D eigenvalue weighted by molar-refractivity contribution is 0.152. The van der Waals surface area contributed by atoms with Gasteiger partial charge >= 0.3 is 0 Å². The fourth-order valence-electron chi connectivity index (χ4n) is 5.85. The molecule has 1 aliphatic carbocycles. The van der Waals surface area contributed by atoms with Gasteiger partial charge in [-0.15, -0.1) is 0 Å². The third-order valence-electron chi connectivity index (χ3n) is 7.86. The minimum absolute atomic E-state index is 0.0129. The number of ether oxygens (including phenoxy) is 2. The fraction of sp³-hybridized carbons (Fsp3) is 0.600. The molecule has 4 rings (SSSR count). The third kappa shape index (κ3) is 6.00. The SMILES string of the molecule is CCCC1CCC(c2ccc(CCCOc3cc4c(c(F)c3F)OC(CCC)CC4)c(F)c2F)CC1. The summed E-state index contributed by atoms with van der Waals surface area (Å²) >= 11 is 0. The fourth-order valence-corrected chi connectivity index (χ4v) is 5.85. The van der Waals surface area contributed by atoms with Crippen LogP contribution in [0.1, 0.15) is 101 Å². The molecule has 36 heavy (non-hydrogen) atoms. The summed E-state index contributed by atoms with van der Waals surface area (Å²) in [5.74, 6) is -3.02. The smallest absolute Gasteiger partial charge is 0.204 e. The number of fused-ring (bicyclic) bond motifs is 1. The molecule has 0 N–H and O–H groups in total. The molecule has 1 saturated carbocycles. The second-order valence-electron chi connectivity index (χ2n) is 10.5. The number of rotatable bonds is 10. The van der Waals surface area contributed by atoms with Crippen LogP contribution in [0.15, 0.2) is 18.2 Å². The lowest BCUT2D eigenvalue weighted by Crippen LogP contribution is -2.23. The summed E-state index contributed by atoms with van der Waals surface area (Å²) < 4.78 is 70.1. The maximum atomic E-state index is 14.9. The van der Waals surface area contributed by atoms with Crippen molar-refractivity contribution >= 4 is 0 Å². The van der Waals surface area contributed by atoms with E-state index in [1.807, 2.05) is 6.92 Å². The van der Waals surface area contributed by atoms with Crippen molar-refractivity contribution in [1.82, 2.24) is 0 Å². The van der Waals surface area contributed by atoms with E-state index >= 15 is 0 Å². The van der Waals surface area contributed by atoms with Gasteiger partial charge in [0.05, 0.1) is 12.7 Å². The lowest BCUT2D eigenvalue weighted by atomic mass is 9.77. The molecule has 1 atom stereocenters. The second kappa shape index (κ2) is 12.3. The Morgan fingerprint density at radius 3 is 2.33 bits per heavy atom. The van der Waals surface area contributed by atoms with Gasteiger partial charge in [0, 0.05) is 5.56 Å². The van der Waals surface area contributed by atoms with Crippen molar-refractivity contribution in [3.8, 4) is 11.5 Å². The Hall–Kier alpha value is -2.24. The molecule has 1 fully saturated rings. The van der Waals surface area contributed by atoms with Crippen LogP contribution in [0, 0.1) is 29.2 Å². The highest BCUT2D eigenvalue weighted by Crippen LogP contribution is 2.40. The van der Waals surface area contributed by atoms with Gasteiger partial charge in [0.2, 0.25) is 11.6 Å². The van der Waals surface area contributed by atoms with Crippen LogP contribution in [0.2, 0.25) is 0 Å². The van der Waals surface area contributed by atoms with Crippen molar-refractivity contribution in [1.29, 1.82) is 0 Å². The molecule has 1 heterocycles. The molecular formula is C30H38F4O2. The van der Waals surface area contributed by atoms with Crippen LogP contribution in [-0.4, -0.2) is 12.7 Å². The quantitative estimate of drug-likeness (QED) is 0.237. The minimum Gasteiger partial charge on any atom is -0.490 e. The molecule has 6 heteroatoms. The van der Waals surface area contributed by atoms with Gasteiger partial charge in [-0.3, -0.25) is 0 Å². The lowest BCUT2D eigenvalue weighted by Gasteiger charge is -2.29. The maximum Gasteiger partial charge on any atom is 0.204 e. The highest BCUT2D eigenvalue weighted by molar-refractivity contribution is 5.44. The van der Waals surface area contributed by atoms with Crippen molar-refractivity contribution in [3.63, 3.8) is 0 Å². The van der Waals surface area contributed by atoms with Gasteiger partial charge < -0.3 is 9.47 Å². The third-order valence-corrected chi connectivity index (χ3v) is 7.86. The monoisotopic (exact) mass is 506 g/mol. The Kier molecular flexibility index (Phi) is 9.19. The van der Waals surface area contributed by atoms with E-state index in [0.29, 0.717) is 29.9 Å². The molecule has 2 aliphatic rings. The number of hydrogen-bond acceptors (Lipinski definition) is 2. The molecular weight excluding hydrogens is 468 g/mol. The molecule has 0 bridgehead atoms. The van der Waals surface area contributed by atoms with Crippen molar-refractivity contribution in [3.05, 3.63) is 58.2 Å². The Morgan fingerprint density at radius 1 is 0.861 bits per heavy atom. The predicted molar refractivity (Wildman–Crippen MR) is 134 cm³/mol. The first-order valence-electron chi connectivity index (χ1n) is 13.7. The molecule has 2 aromatic rings. The van der Waals surface area contributed by atoms with Crippen LogP contribution in [0.25, 0.3) is 0 Å². The van der Waals surface area contributed by atoms with E-state index in [9.17, 15) is 17.6 Å². The first-order chi connectivity index (χ1) is 17.4. The first kappa shape index (κ1) is 26.8. The summed E-state index contributed by atoms with van der Waals surface area (Å²) in [6, 6.07) is 4.89. The Balaban J connectivity index is 1.32. The largest absolute Gasteiger partial charge is 0.490 e. The minimum atomic E-state index is -1.07. The van der Waals surface area contributed by atoms with Crippen molar-refractivity contribution in [2.75, 3.05) is 6.61 Å². The summed E-state index contributed by atoms with van der Waals surface area (Å²) in [7, 11) is 0. The highest BCUT2D eigenvalue weighted by Gasteiger charge is 2.28. The number of benzene rings is 2. The number of aryl methyl sites for hydroxylation is 2. The van der Waals surface area contributed by atoms with Crippen LogP contribution in [0.4, 0.5) is 17.6 Å². The summed E-state index contributed by atoms with van der Waals surface area (Å²) in [4.78, 5) is 0. The average molecular weight is 507 g/mol. The standard InChI is InChI=1S/C30H38F4O2/c1-3-6-19-9-11-20(12-10-19)24-16-14-21(26(31)27(24)32)8-5-17-35-25-18-22-13-15-23(7-4-2)36-30(22)29(34)28(25)33/h14,16,18-20,23H,3-13,15,17H2,1-2H3. The predicted octanol–water partition coefficient (Wildman–Crippen LogP) is 8.82. The molecule has 0 spiro atoms. The van der Waals surface area contributed by atoms with E-state index in [0.717, 1.165) is 44.9 Å². The molecule has 1 unspecified atom stereocenters. The van der Waals surface area contributed by atoms with E-state index < -0.39 is 23.3 Å². The van der Waals surface area contributed by atoms with Gasteiger partial charge in [0.1, 0.15) is 0 Å². The summed E-state index contributed by atoms with van der Waals surface area (Å²) in [5.41, 5.74) is 1.37. The summed E-state index contributed by atoms with van der Waals surface area (Å²) in [6.07, 6.45) is 9.91. The molecule has 2 nitrogen and oxygen atoms in total. The highest BCUT2D eigenvalue weighted by atomic mass is 19.2. The van der Waals surface area contributed by atoms with Crippen LogP contribution >= 0.6 is 0 Å². The summed E-state index contributed by atoms with van der Waals surface area (Å²) in [6.45, 7) is 4.28. The Morgan fingerprint density at radius 2 is 1.61 bits per heavy atom. The maximum absolute atomic E-state index is 14.9.